The number of carbonyl (C=O) groups is 1. The zero-order chi connectivity index (χ0) is 11.8. The van der Waals surface area contributed by atoms with E-state index in [-0.39, 0.29) is 5.82 Å². The van der Waals surface area contributed by atoms with Crippen molar-refractivity contribution in [2.45, 2.75) is 12.7 Å². The summed E-state index contributed by atoms with van der Waals surface area (Å²) < 4.78 is 37.8. The number of imidazole rings is 1. The van der Waals surface area contributed by atoms with Crippen LogP contribution in [0.4, 0.5) is 13.2 Å². The number of halogens is 3. The number of benzene rings is 1. The number of alkyl halides is 3. The van der Waals surface area contributed by atoms with Crippen LogP contribution in [0.1, 0.15) is 10.6 Å². The smallest absolute Gasteiger partial charge is 0.313 e. The molecule has 0 bridgehead atoms. The molecular formula is C10H7F3N2O. The Kier molecular flexibility index (Phi) is 2.41. The predicted molar refractivity (Wildman–Crippen MR) is 51.2 cm³/mol. The molecular weight excluding hydrogens is 221 g/mol. The highest BCUT2D eigenvalue weighted by molar-refractivity contribution is 5.82. The number of aldehydes is 1. The first-order chi connectivity index (χ1) is 7.51. The molecule has 0 saturated heterocycles. The molecule has 3 nitrogen and oxygen atoms in total. The lowest BCUT2D eigenvalue weighted by molar-refractivity contribution is -0.140. The fourth-order valence-electron chi connectivity index (χ4n) is 1.53. The number of para-hydroxylation sites is 2. The third-order valence-corrected chi connectivity index (χ3v) is 2.13. The Balaban J connectivity index is 2.60. The van der Waals surface area contributed by atoms with Gasteiger partial charge in [0.2, 0.25) is 0 Å². The second-order valence-electron chi connectivity index (χ2n) is 3.28. The average molecular weight is 228 g/mol. The fourth-order valence-corrected chi connectivity index (χ4v) is 1.53. The van der Waals surface area contributed by atoms with Gasteiger partial charge in [-0.05, 0) is 12.1 Å². The van der Waals surface area contributed by atoms with E-state index in [9.17, 15) is 18.0 Å². The molecule has 0 amide bonds. The van der Waals surface area contributed by atoms with E-state index in [0.29, 0.717) is 17.3 Å². The lowest BCUT2D eigenvalue weighted by Gasteiger charge is -2.09. The molecule has 16 heavy (non-hydrogen) atoms. The summed E-state index contributed by atoms with van der Waals surface area (Å²) in [6, 6.07) is 6.32. The number of hydrogen-bond acceptors (Lipinski definition) is 2. The third-order valence-electron chi connectivity index (χ3n) is 2.13. The minimum Gasteiger partial charge on any atom is -0.313 e. The van der Waals surface area contributed by atoms with E-state index in [4.69, 9.17) is 0 Å². The molecule has 2 aromatic rings. The van der Waals surface area contributed by atoms with Crippen molar-refractivity contribution in [2.75, 3.05) is 0 Å². The van der Waals surface area contributed by atoms with Gasteiger partial charge in [0.05, 0.1) is 11.0 Å². The van der Waals surface area contributed by atoms with Gasteiger partial charge in [0.1, 0.15) is 6.54 Å². The fraction of sp³-hybridized carbons (Fsp3) is 0.200. The molecule has 84 valence electrons. The summed E-state index contributed by atoms with van der Waals surface area (Å²) in [5, 5.41) is 0. The molecule has 1 aromatic carbocycles. The predicted octanol–water partition coefficient (Wildman–Crippen LogP) is 2.41. The number of carbonyl (C=O) groups excluding carboxylic acids is 1. The quantitative estimate of drug-likeness (QED) is 0.740. The normalized spacial score (nSPS) is 11.9. The summed E-state index contributed by atoms with van der Waals surface area (Å²) in [7, 11) is 0. The van der Waals surface area contributed by atoms with Crippen LogP contribution < -0.4 is 0 Å². The Morgan fingerprint density at radius 1 is 1.31 bits per heavy atom. The van der Waals surface area contributed by atoms with Crippen molar-refractivity contribution in [1.82, 2.24) is 9.55 Å². The van der Waals surface area contributed by atoms with Gasteiger partial charge in [0, 0.05) is 0 Å². The summed E-state index contributed by atoms with van der Waals surface area (Å²) >= 11 is 0. The molecule has 0 aliphatic carbocycles. The van der Waals surface area contributed by atoms with Gasteiger partial charge in [-0.1, -0.05) is 12.1 Å². The maximum Gasteiger partial charge on any atom is 0.406 e. The van der Waals surface area contributed by atoms with Crippen molar-refractivity contribution in [1.29, 1.82) is 0 Å². The van der Waals surface area contributed by atoms with E-state index < -0.39 is 12.7 Å². The Hall–Kier alpha value is -1.85. The Bertz CT molecular complexity index is 530. The van der Waals surface area contributed by atoms with E-state index in [2.05, 4.69) is 4.98 Å². The zero-order valence-corrected chi connectivity index (χ0v) is 8.03. The summed E-state index contributed by atoms with van der Waals surface area (Å²) in [5.41, 5.74) is 0.691. The van der Waals surface area contributed by atoms with Gasteiger partial charge in [-0.25, -0.2) is 4.98 Å². The van der Waals surface area contributed by atoms with E-state index in [1.165, 1.54) is 6.07 Å². The van der Waals surface area contributed by atoms with Crippen LogP contribution in [0.25, 0.3) is 11.0 Å². The van der Waals surface area contributed by atoms with E-state index in [0.717, 1.165) is 4.57 Å². The number of rotatable bonds is 2. The second-order valence-corrected chi connectivity index (χ2v) is 3.28. The van der Waals surface area contributed by atoms with E-state index in [1.54, 1.807) is 18.2 Å². The molecule has 2 rings (SSSR count). The van der Waals surface area contributed by atoms with Crippen molar-refractivity contribution in [2.24, 2.45) is 0 Å². The van der Waals surface area contributed by atoms with Gasteiger partial charge in [0.15, 0.2) is 12.1 Å². The Morgan fingerprint density at radius 3 is 2.62 bits per heavy atom. The molecule has 1 heterocycles. The minimum atomic E-state index is -4.37. The summed E-state index contributed by atoms with van der Waals surface area (Å²) in [6.45, 7) is -1.21. The highest BCUT2D eigenvalue weighted by atomic mass is 19.4. The maximum absolute atomic E-state index is 12.3. The monoisotopic (exact) mass is 228 g/mol. The van der Waals surface area contributed by atoms with Gasteiger partial charge < -0.3 is 4.57 Å². The number of aromatic nitrogens is 2. The Morgan fingerprint density at radius 2 is 2.00 bits per heavy atom. The highest BCUT2D eigenvalue weighted by Gasteiger charge is 2.30. The molecule has 0 fully saturated rings. The molecule has 0 saturated carbocycles. The van der Waals surface area contributed by atoms with E-state index in [1.807, 2.05) is 0 Å². The van der Waals surface area contributed by atoms with Gasteiger partial charge >= 0.3 is 6.18 Å². The standard InChI is InChI=1S/C10H7F3N2O/c11-10(12,13)6-15-8-4-2-1-3-7(8)14-9(15)5-16/h1-5H,6H2. The molecule has 6 heteroatoms. The van der Waals surface area contributed by atoms with Crippen LogP contribution >= 0.6 is 0 Å². The van der Waals surface area contributed by atoms with Crippen molar-refractivity contribution in [3.05, 3.63) is 30.1 Å². The molecule has 1 aromatic heterocycles. The van der Waals surface area contributed by atoms with Crippen LogP contribution in [0, 0.1) is 0 Å². The molecule has 0 atom stereocenters. The topological polar surface area (TPSA) is 34.9 Å². The first kappa shape index (κ1) is 10.7. The van der Waals surface area contributed by atoms with Crippen LogP contribution in [0.15, 0.2) is 24.3 Å². The molecule has 0 aliphatic heterocycles. The lowest BCUT2D eigenvalue weighted by Crippen LogP contribution is -2.19. The summed E-state index contributed by atoms with van der Waals surface area (Å²) in [5.74, 6) is -0.210. The SMILES string of the molecule is O=Cc1nc2ccccc2n1CC(F)(F)F. The van der Waals surface area contributed by atoms with Crippen molar-refractivity contribution >= 4 is 17.3 Å². The van der Waals surface area contributed by atoms with Crippen molar-refractivity contribution < 1.29 is 18.0 Å². The van der Waals surface area contributed by atoms with Crippen LogP contribution in [0.5, 0.6) is 0 Å². The van der Waals surface area contributed by atoms with Crippen LogP contribution in [0.3, 0.4) is 0 Å². The second kappa shape index (κ2) is 3.62. The van der Waals surface area contributed by atoms with Crippen LogP contribution in [0.2, 0.25) is 0 Å². The molecule has 0 unspecified atom stereocenters. The summed E-state index contributed by atoms with van der Waals surface area (Å²) in [6.07, 6.45) is -4.05. The number of fused-ring (bicyclic) bond motifs is 1. The lowest BCUT2D eigenvalue weighted by atomic mass is 10.3. The van der Waals surface area contributed by atoms with Crippen LogP contribution in [-0.4, -0.2) is 22.0 Å². The molecule has 0 N–H and O–H groups in total. The summed E-state index contributed by atoms with van der Waals surface area (Å²) in [4.78, 5) is 14.4. The molecule has 0 radical (unpaired) electrons. The number of hydrogen-bond donors (Lipinski definition) is 0. The van der Waals surface area contributed by atoms with Crippen molar-refractivity contribution in [3.63, 3.8) is 0 Å². The first-order valence-corrected chi connectivity index (χ1v) is 4.48. The highest BCUT2D eigenvalue weighted by Crippen LogP contribution is 2.22. The third kappa shape index (κ3) is 1.91. The molecule has 0 aliphatic rings. The van der Waals surface area contributed by atoms with Crippen molar-refractivity contribution in [3.8, 4) is 0 Å². The number of nitrogens with zero attached hydrogens (tertiary/aromatic N) is 2. The van der Waals surface area contributed by atoms with E-state index >= 15 is 0 Å². The van der Waals surface area contributed by atoms with Gasteiger partial charge in [0.25, 0.3) is 0 Å². The van der Waals surface area contributed by atoms with Gasteiger partial charge in [-0.3, -0.25) is 4.79 Å². The average Bonchev–Trinajstić information content (AvgIpc) is 2.55. The maximum atomic E-state index is 12.3. The van der Waals surface area contributed by atoms with Gasteiger partial charge in [-0.2, -0.15) is 13.2 Å². The zero-order valence-electron chi connectivity index (χ0n) is 8.03. The largest absolute Gasteiger partial charge is 0.406 e. The van der Waals surface area contributed by atoms with Crippen LogP contribution in [-0.2, 0) is 6.54 Å². The Labute approximate surface area is 88.5 Å². The van der Waals surface area contributed by atoms with Gasteiger partial charge in [-0.15, -0.1) is 0 Å². The first-order valence-electron chi connectivity index (χ1n) is 4.48. The molecule has 0 spiro atoms. The minimum absolute atomic E-state index is 0.210.